The molecule has 1 spiro atoms. The van der Waals surface area contributed by atoms with Crippen LogP contribution in [0.5, 0.6) is 0 Å². The Morgan fingerprint density at radius 3 is 2.62 bits per heavy atom. The number of aliphatic hydroxyl groups is 1. The van der Waals surface area contributed by atoms with Crippen molar-refractivity contribution in [3.63, 3.8) is 0 Å². The van der Waals surface area contributed by atoms with E-state index in [0.29, 0.717) is 13.2 Å². The van der Waals surface area contributed by atoms with Crippen LogP contribution < -0.4 is 4.90 Å². The quantitative estimate of drug-likeness (QED) is 0.442. The first-order chi connectivity index (χ1) is 19.4. The van der Waals surface area contributed by atoms with Crippen LogP contribution in [0.3, 0.4) is 0 Å². The second-order valence-electron chi connectivity index (χ2n) is 11.6. The van der Waals surface area contributed by atoms with E-state index in [0.717, 1.165) is 35.7 Å². The van der Waals surface area contributed by atoms with Crippen LogP contribution in [0.4, 0.5) is 5.69 Å². The van der Waals surface area contributed by atoms with Gasteiger partial charge in [-0.15, -0.1) is 11.8 Å². The second kappa shape index (κ2) is 10.7. The predicted molar refractivity (Wildman–Crippen MR) is 157 cm³/mol. The zero-order chi connectivity index (χ0) is 28.0. The summed E-state index contributed by atoms with van der Waals surface area (Å²) in [5.41, 5.74) is 0.757. The molecule has 1 N–H and O–H groups in total. The molecular formula is C32H36N2O5S. The number of thioether (sulfide) groups is 1. The van der Waals surface area contributed by atoms with Gasteiger partial charge in [0.25, 0.3) is 5.91 Å². The number of nitrogens with zero attached hydrogens (tertiary/aromatic N) is 2. The molecule has 0 radical (unpaired) electrons. The lowest BCUT2D eigenvalue weighted by Crippen LogP contribution is -2.57. The molecule has 2 amide bonds. The molecule has 4 aliphatic heterocycles. The minimum atomic E-state index is -0.950. The SMILES string of the molecule is CC(C)[C@H](CO)N1C(=O)[C@@H]2[C@@H]3C(=O)OCCCC/C=C\[C@@H]3S[C@@]23C=CCN(c2ccc4ccccc4c2)C(=O)C13. The topological polar surface area (TPSA) is 87.2 Å². The summed E-state index contributed by atoms with van der Waals surface area (Å²) in [6.45, 7) is 4.31. The standard InChI is InChI=1S/C32H36N2O5S/c1-20(2)24(19-35)34-28-30(37)33(23-14-13-21-10-6-7-11-22(21)18-23)16-9-15-32(28)27(29(34)36)26-25(40-32)12-5-3-4-8-17-39-31(26)38/h5-7,9-15,18,20,24-28,35H,3-4,8,16-17,19H2,1-2H3/b12-5-/t24-,25-,26+,27-,28?,32-/m0/s1. The van der Waals surface area contributed by atoms with Crippen molar-refractivity contribution in [2.45, 2.75) is 55.2 Å². The molecule has 210 valence electrons. The van der Waals surface area contributed by atoms with Crippen molar-refractivity contribution >= 4 is 46.0 Å². The first kappa shape index (κ1) is 27.1. The van der Waals surface area contributed by atoms with Gasteiger partial charge in [-0.2, -0.15) is 0 Å². The van der Waals surface area contributed by atoms with Crippen LogP contribution in [0.1, 0.15) is 33.1 Å². The van der Waals surface area contributed by atoms with Gasteiger partial charge in [-0.05, 0) is 48.1 Å². The molecule has 40 heavy (non-hydrogen) atoms. The lowest BCUT2D eigenvalue weighted by Gasteiger charge is -2.39. The largest absolute Gasteiger partial charge is 0.465 e. The van der Waals surface area contributed by atoms with Crippen LogP contribution >= 0.6 is 11.8 Å². The van der Waals surface area contributed by atoms with Crippen molar-refractivity contribution in [3.05, 3.63) is 66.8 Å². The first-order valence-electron chi connectivity index (χ1n) is 14.3. The van der Waals surface area contributed by atoms with Crippen molar-refractivity contribution in [1.82, 2.24) is 4.90 Å². The van der Waals surface area contributed by atoms with Crippen LogP contribution in [-0.4, -0.2) is 69.6 Å². The molecule has 0 saturated carbocycles. The number of carbonyl (C=O) groups is 3. The fourth-order valence-corrected chi connectivity index (χ4v) is 8.90. The summed E-state index contributed by atoms with van der Waals surface area (Å²) >= 11 is 1.54. The van der Waals surface area contributed by atoms with E-state index >= 15 is 0 Å². The molecule has 0 aromatic heterocycles. The van der Waals surface area contributed by atoms with Gasteiger partial charge in [-0.3, -0.25) is 14.4 Å². The van der Waals surface area contributed by atoms with Gasteiger partial charge >= 0.3 is 5.97 Å². The summed E-state index contributed by atoms with van der Waals surface area (Å²) in [5, 5.41) is 12.3. The fourth-order valence-electron chi connectivity index (χ4n) is 6.91. The highest BCUT2D eigenvalue weighted by Crippen LogP contribution is 2.61. The second-order valence-corrected chi connectivity index (χ2v) is 13.0. The molecule has 8 heteroatoms. The molecule has 2 saturated heterocycles. The number of anilines is 1. The van der Waals surface area contributed by atoms with Gasteiger partial charge in [0.15, 0.2) is 0 Å². The van der Waals surface area contributed by atoms with E-state index in [2.05, 4.69) is 6.08 Å². The number of hydrogen-bond donors (Lipinski definition) is 1. The van der Waals surface area contributed by atoms with Crippen LogP contribution in [-0.2, 0) is 19.1 Å². The summed E-state index contributed by atoms with van der Waals surface area (Å²) < 4.78 is 4.75. The van der Waals surface area contributed by atoms with Gasteiger partial charge < -0.3 is 19.6 Å². The number of carbonyl (C=O) groups excluding carboxylic acids is 3. The van der Waals surface area contributed by atoms with Gasteiger partial charge in [0, 0.05) is 17.5 Å². The molecule has 4 aliphatic rings. The van der Waals surface area contributed by atoms with E-state index in [4.69, 9.17) is 4.74 Å². The maximum Gasteiger partial charge on any atom is 0.311 e. The number of rotatable bonds is 4. The highest BCUT2D eigenvalue weighted by Gasteiger charge is 2.71. The number of likely N-dealkylation sites (tertiary alicyclic amines) is 1. The Kier molecular flexibility index (Phi) is 7.25. The molecule has 7 nitrogen and oxygen atoms in total. The highest BCUT2D eigenvalue weighted by atomic mass is 32.2. The average molecular weight is 561 g/mol. The zero-order valence-electron chi connectivity index (χ0n) is 22.9. The third-order valence-corrected chi connectivity index (χ3v) is 10.6. The molecular weight excluding hydrogens is 524 g/mol. The number of aliphatic hydroxyl groups excluding tert-OH is 1. The molecule has 1 unspecified atom stereocenters. The fraction of sp³-hybridized carbons (Fsp3) is 0.469. The minimum absolute atomic E-state index is 0.0873. The van der Waals surface area contributed by atoms with Gasteiger partial charge in [-0.25, -0.2) is 0 Å². The molecule has 4 heterocycles. The highest BCUT2D eigenvalue weighted by molar-refractivity contribution is 8.02. The Morgan fingerprint density at radius 1 is 1.05 bits per heavy atom. The van der Waals surface area contributed by atoms with Crippen LogP contribution in [0, 0.1) is 17.8 Å². The summed E-state index contributed by atoms with van der Waals surface area (Å²) in [5.74, 6) is -2.36. The number of allylic oxidation sites excluding steroid dienone is 1. The molecule has 6 rings (SSSR count). The van der Waals surface area contributed by atoms with E-state index in [1.165, 1.54) is 11.8 Å². The number of amides is 2. The number of cyclic esters (lactones) is 1. The Hall–Kier alpha value is -3.10. The van der Waals surface area contributed by atoms with Gasteiger partial charge in [0.05, 0.1) is 35.8 Å². The lowest BCUT2D eigenvalue weighted by molar-refractivity contribution is -0.153. The Labute approximate surface area is 239 Å². The summed E-state index contributed by atoms with van der Waals surface area (Å²) in [6.07, 6.45) is 10.7. The van der Waals surface area contributed by atoms with E-state index < -0.39 is 28.7 Å². The lowest BCUT2D eigenvalue weighted by atomic mass is 9.78. The Balaban J connectivity index is 1.48. The molecule has 2 aromatic carbocycles. The Morgan fingerprint density at radius 2 is 1.85 bits per heavy atom. The smallest absolute Gasteiger partial charge is 0.311 e. The number of fused-ring (bicyclic) bond motifs is 3. The number of ether oxygens (including phenoxy) is 1. The number of esters is 1. The molecule has 2 aromatic rings. The average Bonchev–Trinajstić information content (AvgIpc) is 3.33. The monoisotopic (exact) mass is 560 g/mol. The van der Waals surface area contributed by atoms with Crippen LogP contribution in [0.25, 0.3) is 10.8 Å². The van der Waals surface area contributed by atoms with E-state index in [-0.39, 0.29) is 35.6 Å². The van der Waals surface area contributed by atoms with Crippen molar-refractivity contribution in [2.75, 3.05) is 24.7 Å². The normalized spacial score (nSPS) is 31.9. The third kappa shape index (κ3) is 4.27. The number of hydrogen-bond acceptors (Lipinski definition) is 6. The van der Waals surface area contributed by atoms with Crippen molar-refractivity contribution in [1.29, 1.82) is 0 Å². The summed E-state index contributed by atoms with van der Waals surface area (Å²) in [7, 11) is 0. The third-order valence-electron chi connectivity index (χ3n) is 8.90. The van der Waals surface area contributed by atoms with Gasteiger partial charge in [0.1, 0.15) is 6.04 Å². The molecule has 2 fully saturated rings. The van der Waals surface area contributed by atoms with Crippen molar-refractivity contribution < 1.29 is 24.2 Å². The van der Waals surface area contributed by atoms with Gasteiger partial charge in [0.2, 0.25) is 5.91 Å². The van der Waals surface area contributed by atoms with Crippen LogP contribution in [0.2, 0.25) is 0 Å². The first-order valence-corrected chi connectivity index (χ1v) is 15.2. The number of benzene rings is 2. The molecule has 0 bridgehead atoms. The summed E-state index contributed by atoms with van der Waals surface area (Å²) in [6, 6.07) is 12.6. The predicted octanol–water partition coefficient (Wildman–Crippen LogP) is 4.34. The van der Waals surface area contributed by atoms with Gasteiger partial charge in [-0.1, -0.05) is 68.5 Å². The molecule has 6 atom stereocenters. The van der Waals surface area contributed by atoms with Crippen LogP contribution in [0.15, 0.2) is 66.8 Å². The van der Waals surface area contributed by atoms with E-state index in [9.17, 15) is 19.5 Å². The van der Waals surface area contributed by atoms with Crippen molar-refractivity contribution in [2.24, 2.45) is 17.8 Å². The molecule has 0 aliphatic carbocycles. The van der Waals surface area contributed by atoms with Crippen molar-refractivity contribution in [3.8, 4) is 0 Å². The maximum atomic E-state index is 14.7. The zero-order valence-corrected chi connectivity index (χ0v) is 23.8. The Bertz CT molecular complexity index is 1390. The van der Waals surface area contributed by atoms with E-state index in [1.54, 1.807) is 9.80 Å². The minimum Gasteiger partial charge on any atom is -0.465 e. The maximum absolute atomic E-state index is 14.7. The summed E-state index contributed by atoms with van der Waals surface area (Å²) in [4.78, 5) is 46.0. The van der Waals surface area contributed by atoms with E-state index in [1.807, 2.05) is 74.5 Å².